The molecule has 1 amide bonds. The summed E-state index contributed by atoms with van der Waals surface area (Å²) in [6.45, 7) is 3.78. The fraction of sp³-hybridized carbons (Fsp3) is 0.571. The van der Waals surface area contributed by atoms with Crippen molar-refractivity contribution in [2.75, 3.05) is 20.1 Å². The molecule has 0 bridgehead atoms. The summed E-state index contributed by atoms with van der Waals surface area (Å²) in [6, 6.07) is 1.81. The predicted octanol–water partition coefficient (Wildman–Crippen LogP) is 2.53. The van der Waals surface area contributed by atoms with Crippen LogP contribution in [0.15, 0.2) is 11.1 Å². The Bertz CT molecular complexity index is 533. The molecule has 6 nitrogen and oxygen atoms in total. The van der Waals surface area contributed by atoms with Gasteiger partial charge in [-0.15, -0.1) is 24.0 Å². The Morgan fingerprint density at radius 1 is 1.26 bits per heavy atom. The van der Waals surface area contributed by atoms with E-state index in [1.807, 2.05) is 24.6 Å². The Morgan fingerprint density at radius 2 is 1.96 bits per heavy atom. The molecule has 0 aliphatic carbocycles. The minimum absolute atomic E-state index is 0. The topological polar surface area (TPSA) is 70.4 Å². The van der Waals surface area contributed by atoms with Gasteiger partial charge in [-0.25, -0.2) is 0 Å². The number of nitrogens with one attached hydrogen (secondary N) is 3. The van der Waals surface area contributed by atoms with Crippen LogP contribution in [0.4, 0.5) is 0 Å². The van der Waals surface area contributed by atoms with Gasteiger partial charge >= 0.3 is 0 Å². The summed E-state index contributed by atoms with van der Waals surface area (Å²) in [5, 5.41) is 10.1. The van der Waals surface area contributed by atoms with Crippen molar-refractivity contribution in [2.24, 2.45) is 12.0 Å². The number of halogens is 3. The number of aromatic nitrogens is 1. The second-order valence-electron chi connectivity index (χ2n) is 4.79. The van der Waals surface area contributed by atoms with Crippen molar-refractivity contribution in [1.29, 1.82) is 0 Å². The van der Waals surface area contributed by atoms with Crippen LogP contribution in [0.3, 0.4) is 0 Å². The molecule has 0 aliphatic heterocycles. The first kappa shape index (κ1) is 22.3. The SMILES string of the molecule is CCCNC(=O)CCNC(=NC)NCc1cc(Cl)c(Cl)n1C.I. The maximum atomic E-state index is 11.5. The first-order valence-electron chi connectivity index (χ1n) is 7.20. The van der Waals surface area contributed by atoms with E-state index in [2.05, 4.69) is 20.9 Å². The summed E-state index contributed by atoms with van der Waals surface area (Å²) < 4.78 is 1.81. The molecule has 0 spiro atoms. The van der Waals surface area contributed by atoms with Crippen LogP contribution in [0.25, 0.3) is 0 Å². The number of rotatable bonds is 7. The zero-order valence-corrected chi connectivity index (χ0v) is 17.4. The molecule has 3 N–H and O–H groups in total. The lowest BCUT2D eigenvalue weighted by molar-refractivity contribution is -0.120. The van der Waals surface area contributed by atoms with Crippen molar-refractivity contribution < 1.29 is 4.79 Å². The highest BCUT2D eigenvalue weighted by Gasteiger charge is 2.09. The lowest BCUT2D eigenvalue weighted by Gasteiger charge is -2.12. The van der Waals surface area contributed by atoms with E-state index in [-0.39, 0.29) is 29.9 Å². The van der Waals surface area contributed by atoms with Gasteiger partial charge in [-0.1, -0.05) is 30.1 Å². The number of amides is 1. The summed E-state index contributed by atoms with van der Waals surface area (Å²) in [7, 11) is 3.52. The van der Waals surface area contributed by atoms with Gasteiger partial charge in [0.1, 0.15) is 5.15 Å². The third kappa shape index (κ3) is 7.63. The van der Waals surface area contributed by atoms with Crippen LogP contribution in [-0.4, -0.2) is 36.6 Å². The van der Waals surface area contributed by atoms with Crippen LogP contribution >= 0.6 is 47.2 Å². The van der Waals surface area contributed by atoms with E-state index in [1.54, 1.807) is 7.05 Å². The van der Waals surface area contributed by atoms with Gasteiger partial charge in [-0.3, -0.25) is 9.79 Å². The zero-order chi connectivity index (χ0) is 16.5. The highest BCUT2D eigenvalue weighted by atomic mass is 127. The highest BCUT2D eigenvalue weighted by Crippen LogP contribution is 2.24. The van der Waals surface area contributed by atoms with Crippen LogP contribution in [0.5, 0.6) is 0 Å². The number of aliphatic imine (C=N–C) groups is 1. The molecule has 0 unspecified atom stereocenters. The average molecular weight is 476 g/mol. The molecule has 23 heavy (non-hydrogen) atoms. The number of hydrogen-bond donors (Lipinski definition) is 3. The van der Waals surface area contributed by atoms with Crippen LogP contribution in [0.1, 0.15) is 25.5 Å². The van der Waals surface area contributed by atoms with Gasteiger partial charge in [0.25, 0.3) is 0 Å². The molecule has 1 heterocycles. The second kappa shape index (κ2) is 11.8. The highest BCUT2D eigenvalue weighted by molar-refractivity contribution is 14.0. The number of hydrogen-bond acceptors (Lipinski definition) is 2. The first-order valence-corrected chi connectivity index (χ1v) is 7.96. The van der Waals surface area contributed by atoms with Crippen molar-refractivity contribution in [2.45, 2.75) is 26.3 Å². The average Bonchev–Trinajstić information content (AvgIpc) is 2.75. The number of carbonyl (C=O) groups excluding carboxylic acids is 1. The molecule has 0 fully saturated rings. The molecule has 9 heteroatoms. The van der Waals surface area contributed by atoms with Crippen molar-refractivity contribution in [3.05, 3.63) is 21.9 Å². The van der Waals surface area contributed by atoms with E-state index in [1.165, 1.54) is 0 Å². The molecule has 1 aromatic heterocycles. The van der Waals surface area contributed by atoms with Gasteiger partial charge in [0.2, 0.25) is 5.91 Å². The molecule has 1 aromatic rings. The minimum atomic E-state index is 0. The molecule has 0 radical (unpaired) electrons. The lowest BCUT2D eigenvalue weighted by atomic mass is 10.3. The molecular formula is C14H24Cl2IN5O. The second-order valence-corrected chi connectivity index (χ2v) is 5.55. The van der Waals surface area contributed by atoms with E-state index in [9.17, 15) is 4.79 Å². The molecule has 0 atom stereocenters. The molecular weight excluding hydrogens is 452 g/mol. The number of nitrogens with zero attached hydrogens (tertiary/aromatic N) is 2. The predicted molar refractivity (Wildman–Crippen MR) is 107 cm³/mol. The quantitative estimate of drug-likeness (QED) is 0.322. The molecule has 132 valence electrons. The van der Waals surface area contributed by atoms with Gasteiger partial charge in [0.05, 0.1) is 11.6 Å². The summed E-state index contributed by atoms with van der Waals surface area (Å²) >= 11 is 12.0. The van der Waals surface area contributed by atoms with Gasteiger partial charge in [0, 0.05) is 39.3 Å². The monoisotopic (exact) mass is 475 g/mol. The third-order valence-corrected chi connectivity index (χ3v) is 3.93. The van der Waals surface area contributed by atoms with Gasteiger partial charge in [-0.2, -0.15) is 0 Å². The van der Waals surface area contributed by atoms with Crippen molar-refractivity contribution in [3.63, 3.8) is 0 Å². The molecule has 0 saturated heterocycles. The van der Waals surface area contributed by atoms with Crippen LogP contribution in [0.2, 0.25) is 10.2 Å². The van der Waals surface area contributed by atoms with E-state index in [0.29, 0.717) is 42.2 Å². The van der Waals surface area contributed by atoms with Gasteiger partial charge < -0.3 is 20.5 Å². The van der Waals surface area contributed by atoms with E-state index in [0.717, 1.165) is 12.1 Å². The van der Waals surface area contributed by atoms with Crippen LogP contribution in [0, 0.1) is 0 Å². The van der Waals surface area contributed by atoms with Crippen LogP contribution < -0.4 is 16.0 Å². The maximum Gasteiger partial charge on any atom is 0.221 e. The number of guanidine groups is 1. The first-order chi connectivity index (χ1) is 10.5. The Hall–Kier alpha value is -0.670. The fourth-order valence-electron chi connectivity index (χ4n) is 1.80. The largest absolute Gasteiger partial charge is 0.356 e. The van der Waals surface area contributed by atoms with E-state index >= 15 is 0 Å². The lowest BCUT2D eigenvalue weighted by Crippen LogP contribution is -2.39. The van der Waals surface area contributed by atoms with Gasteiger partial charge in [0.15, 0.2) is 5.96 Å². The molecule has 1 rings (SSSR count). The molecule has 0 aliphatic rings. The fourth-order valence-corrected chi connectivity index (χ4v) is 2.22. The Labute approximate surface area is 164 Å². The Kier molecular flexibility index (Phi) is 11.5. The summed E-state index contributed by atoms with van der Waals surface area (Å²) in [5.41, 5.74) is 0.943. The van der Waals surface area contributed by atoms with E-state index < -0.39 is 0 Å². The van der Waals surface area contributed by atoms with Crippen molar-refractivity contribution in [1.82, 2.24) is 20.5 Å². The minimum Gasteiger partial charge on any atom is -0.356 e. The van der Waals surface area contributed by atoms with E-state index in [4.69, 9.17) is 23.2 Å². The zero-order valence-electron chi connectivity index (χ0n) is 13.6. The Balaban J connectivity index is 0.00000484. The van der Waals surface area contributed by atoms with Crippen molar-refractivity contribution >= 4 is 59.0 Å². The van der Waals surface area contributed by atoms with Crippen molar-refractivity contribution in [3.8, 4) is 0 Å². The Morgan fingerprint density at radius 3 is 2.48 bits per heavy atom. The standard InChI is InChI=1S/C14H23Cl2N5O.HI/c1-4-6-18-12(22)5-7-19-14(17-2)20-9-10-8-11(15)13(16)21(10)3;/h8H,4-7,9H2,1-3H3,(H,18,22)(H2,17,19,20);1H. The molecule has 0 aromatic carbocycles. The van der Waals surface area contributed by atoms with Gasteiger partial charge in [-0.05, 0) is 12.5 Å². The maximum absolute atomic E-state index is 11.5. The summed E-state index contributed by atoms with van der Waals surface area (Å²) in [6.07, 6.45) is 1.34. The summed E-state index contributed by atoms with van der Waals surface area (Å²) in [5.74, 6) is 0.655. The number of carbonyl (C=O) groups is 1. The summed E-state index contributed by atoms with van der Waals surface area (Å²) in [4.78, 5) is 15.6. The third-order valence-electron chi connectivity index (χ3n) is 3.09. The van der Waals surface area contributed by atoms with Crippen LogP contribution in [-0.2, 0) is 18.4 Å². The normalized spacial score (nSPS) is 10.9. The smallest absolute Gasteiger partial charge is 0.221 e. The molecule has 0 saturated carbocycles.